The van der Waals surface area contributed by atoms with Crippen LogP contribution in [0.15, 0.2) is 16.6 Å². The molecule has 0 aliphatic heterocycles. The van der Waals surface area contributed by atoms with Gasteiger partial charge in [-0.3, -0.25) is 0 Å². The Bertz CT molecular complexity index is 347. The van der Waals surface area contributed by atoms with Gasteiger partial charge in [-0.2, -0.15) is 0 Å². The van der Waals surface area contributed by atoms with Crippen LogP contribution in [0.5, 0.6) is 0 Å². The van der Waals surface area contributed by atoms with Crippen molar-refractivity contribution in [2.24, 2.45) is 5.92 Å². The molecular formula is C11H13BrFN. The molecule has 3 heteroatoms. The van der Waals surface area contributed by atoms with Gasteiger partial charge >= 0.3 is 0 Å². The average Bonchev–Trinajstić information content (AvgIpc) is 2.92. The Morgan fingerprint density at radius 3 is 2.86 bits per heavy atom. The van der Waals surface area contributed by atoms with Crippen LogP contribution in [0.4, 0.5) is 10.1 Å². The minimum absolute atomic E-state index is 0.195. The maximum atomic E-state index is 13.1. The average molecular weight is 258 g/mol. The van der Waals surface area contributed by atoms with Gasteiger partial charge in [0.1, 0.15) is 5.82 Å². The molecule has 1 aliphatic rings. The zero-order chi connectivity index (χ0) is 10.1. The Labute approximate surface area is 91.8 Å². The molecule has 0 spiro atoms. The standard InChI is InChI=1S/C11H13BrFN/c1-7-4-10(13)9(12)5-11(7)14-6-8-2-3-8/h4-5,8,14H,2-3,6H2,1H3. The summed E-state index contributed by atoms with van der Waals surface area (Å²) in [4.78, 5) is 0. The summed E-state index contributed by atoms with van der Waals surface area (Å²) in [6.45, 7) is 2.93. The monoisotopic (exact) mass is 257 g/mol. The van der Waals surface area contributed by atoms with Crippen LogP contribution in [0.25, 0.3) is 0 Å². The van der Waals surface area contributed by atoms with Crippen molar-refractivity contribution in [2.45, 2.75) is 19.8 Å². The number of hydrogen-bond donors (Lipinski definition) is 1. The predicted molar refractivity (Wildman–Crippen MR) is 60.1 cm³/mol. The van der Waals surface area contributed by atoms with E-state index in [0.717, 1.165) is 23.7 Å². The van der Waals surface area contributed by atoms with Gasteiger partial charge in [-0.05, 0) is 59.3 Å². The number of halogens is 2. The number of anilines is 1. The molecule has 0 saturated heterocycles. The fraction of sp³-hybridized carbons (Fsp3) is 0.455. The van der Waals surface area contributed by atoms with Gasteiger partial charge in [0, 0.05) is 12.2 Å². The summed E-state index contributed by atoms with van der Waals surface area (Å²) in [5.41, 5.74) is 2.00. The highest BCUT2D eigenvalue weighted by Crippen LogP contribution is 2.30. The van der Waals surface area contributed by atoms with Crippen LogP contribution in [0, 0.1) is 18.7 Å². The van der Waals surface area contributed by atoms with E-state index in [2.05, 4.69) is 21.2 Å². The molecule has 76 valence electrons. The van der Waals surface area contributed by atoms with E-state index in [0.29, 0.717) is 4.47 Å². The first kappa shape index (κ1) is 9.97. The molecule has 0 bridgehead atoms. The van der Waals surface area contributed by atoms with Gasteiger partial charge < -0.3 is 5.32 Å². The van der Waals surface area contributed by atoms with Crippen molar-refractivity contribution in [1.29, 1.82) is 0 Å². The molecule has 1 saturated carbocycles. The molecule has 2 rings (SSSR count). The minimum atomic E-state index is -0.195. The summed E-state index contributed by atoms with van der Waals surface area (Å²) in [5, 5.41) is 3.35. The Kier molecular flexibility index (Phi) is 2.77. The fourth-order valence-electron chi connectivity index (χ4n) is 1.41. The maximum absolute atomic E-state index is 13.1. The number of aryl methyl sites for hydroxylation is 1. The van der Waals surface area contributed by atoms with Gasteiger partial charge in [0.2, 0.25) is 0 Å². The molecule has 1 aliphatic carbocycles. The van der Waals surface area contributed by atoms with Crippen molar-refractivity contribution >= 4 is 21.6 Å². The first-order valence-electron chi connectivity index (χ1n) is 4.86. The number of nitrogens with one attached hydrogen (secondary N) is 1. The van der Waals surface area contributed by atoms with Gasteiger partial charge in [0.25, 0.3) is 0 Å². The van der Waals surface area contributed by atoms with E-state index >= 15 is 0 Å². The third-order valence-electron chi connectivity index (χ3n) is 2.55. The van der Waals surface area contributed by atoms with E-state index < -0.39 is 0 Å². The minimum Gasteiger partial charge on any atom is -0.385 e. The molecule has 0 radical (unpaired) electrons. The molecule has 0 atom stereocenters. The quantitative estimate of drug-likeness (QED) is 0.871. The summed E-state index contributed by atoms with van der Waals surface area (Å²) in [6.07, 6.45) is 2.66. The van der Waals surface area contributed by atoms with Crippen LogP contribution in [-0.4, -0.2) is 6.54 Å². The topological polar surface area (TPSA) is 12.0 Å². The lowest BCUT2D eigenvalue weighted by molar-refractivity contribution is 0.620. The maximum Gasteiger partial charge on any atom is 0.137 e. The molecule has 0 unspecified atom stereocenters. The van der Waals surface area contributed by atoms with Gasteiger partial charge in [0.15, 0.2) is 0 Å². The molecular weight excluding hydrogens is 245 g/mol. The van der Waals surface area contributed by atoms with Crippen LogP contribution in [0.1, 0.15) is 18.4 Å². The molecule has 1 fully saturated rings. The van der Waals surface area contributed by atoms with Gasteiger partial charge in [-0.25, -0.2) is 4.39 Å². The van der Waals surface area contributed by atoms with E-state index in [1.54, 1.807) is 6.07 Å². The normalized spacial score (nSPS) is 15.6. The first-order valence-corrected chi connectivity index (χ1v) is 5.65. The zero-order valence-electron chi connectivity index (χ0n) is 8.11. The second kappa shape index (κ2) is 3.89. The summed E-state index contributed by atoms with van der Waals surface area (Å²) in [6, 6.07) is 3.37. The summed E-state index contributed by atoms with van der Waals surface area (Å²) >= 11 is 3.19. The van der Waals surface area contributed by atoms with E-state index in [4.69, 9.17) is 0 Å². The molecule has 0 heterocycles. The second-order valence-electron chi connectivity index (χ2n) is 3.91. The van der Waals surface area contributed by atoms with Gasteiger partial charge in [-0.1, -0.05) is 0 Å². The van der Waals surface area contributed by atoms with Crippen LogP contribution >= 0.6 is 15.9 Å². The van der Waals surface area contributed by atoms with Crippen LogP contribution in [0.2, 0.25) is 0 Å². The van der Waals surface area contributed by atoms with Crippen LogP contribution < -0.4 is 5.32 Å². The molecule has 1 N–H and O–H groups in total. The van der Waals surface area contributed by atoms with Crippen LogP contribution in [-0.2, 0) is 0 Å². The fourth-order valence-corrected chi connectivity index (χ4v) is 1.76. The lowest BCUT2D eigenvalue weighted by atomic mass is 10.2. The van der Waals surface area contributed by atoms with Crippen LogP contribution in [0.3, 0.4) is 0 Å². The molecule has 14 heavy (non-hydrogen) atoms. The van der Waals surface area contributed by atoms with Crippen molar-refractivity contribution in [3.05, 3.63) is 28.0 Å². The highest BCUT2D eigenvalue weighted by Gasteiger charge is 2.20. The third kappa shape index (κ3) is 2.27. The van der Waals surface area contributed by atoms with Crippen molar-refractivity contribution in [3.63, 3.8) is 0 Å². The third-order valence-corrected chi connectivity index (χ3v) is 3.15. The highest BCUT2D eigenvalue weighted by molar-refractivity contribution is 9.10. The Morgan fingerprint density at radius 2 is 2.21 bits per heavy atom. The summed E-state index contributed by atoms with van der Waals surface area (Å²) in [7, 11) is 0. The molecule has 0 amide bonds. The largest absolute Gasteiger partial charge is 0.385 e. The Hall–Kier alpha value is -0.570. The van der Waals surface area contributed by atoms with Gasteiger partial charge in [0.05, 0.1) is 4.47 Å². The number of rotatable bonds is 3. The van der Waals surface area contributed by atoms with Crippen molar-refractivity contribution in [1.82, 2.24) is 0 Å². The molecule has 1 aromatic rings. The molecule has 1 nitrogen and oxygen atoms in total. The lowest BCUT2D eigenvalue weighted by Gasteiger charge is -2.09. The predicted octanol–water partition coefficient (Wildman–Crippen LogP) is 3.72. The van der Waals surface area contributed by atoms with E-state index in [9.17, 15) is 4.39 Å². The molecule has 0 aromatic heterocycles. The van der Waals surface area contributed by atoms with Crippen molar-refractivity contribution < 1.29 is 4.39 Å². The van der Waals surface area contributed by atoms with E-state index in [-0.39, 0.29) is 5.82 Å². The smallest absolute Gasteiger partial charge is 0.137 e. The zero-order valence-corrected chi connectivity index (χ0v) is 9.70. The second-order valence-corrected chi connectivity index (χ2v) is 4.76. The highest BCUT2D eigenvalue weighted by atomic mass is 79.9. The summed E-state index contributed by atoms with van der Waals surface area (Å²) in [5.74, 6) is 0.637. The Morgan fingerprint density at radius 1 is 1.50 bits per heavy atom. The van der Waals surface area contributed by atoms with Crippen molar-refractivity contribution in [3.8, 4) is 0 Å². The lowest BCUT2D eigenvalue weighted by Crippen LogP contribution is -2.04. The Balaban J connectivity index is 2.10. The van der Waals surface area contributed by atoms with Gasteiger partial charge in [-0.15, -0.1) is 0 Å². The first-order chi connectivity index (χ1) is 6.66. The number of hydrogen-bond acceptors (Lipinski definition) is 1. The van der Waals surface area contributed by atoms with E-state index in [1.807, 2.05) is 13.0 Å². The summed E-state index contributed by atoms with van der Waals surface area (Å²) < 4.78 is 13.6. The van der Waals surface area contributed by atoms with E-state index in [1.165, 1.54) is 12.8 Å². The molecule has 1 aromatic carbocycles. The SMILES string of the molecule is Cc1cc(F)c(Br)cc1NCC1CC1. The van der Waals surface area contributed by atoms with Crippen molar-refractivity contribution in [2.75, 3.05) is 11.9 Å². The number of benzene rings is 1.